The highest BCUT2D eigenvalue weighted by Crippen LogP contribution is 2.35. The highest BCUT2D eigenvalue weighted by Gasteiger charge is 2.28. The van der Waals surface area contributed by atoms with Gasteiger partial charge in [-0.25, -0.2) is 9.37 Å². The molecule has 7 heteroatoms. The van der Waals surface area contributed by atoms with Crippen LogP contribution in [0.1, 0.15) is 61.1 Å². The summed E-state index contributed by atoms with van der Waals surface area (Å²) < 4.78 is 24.7. The van der Waals surface area contributed by atoms with Crippen molar-refractivity contribution >= 4 is 5.78 Å². The summed E-state index contributed by atoms with van der Waals surface area (Å²) in [4.78, 5) is 17.7. The molecule has 2 N–H and O–H groups in total. The lowest BCUT2D eigenvalue weighted by molar-refractivity contribution is 0.0397. The van der Waals surface area contributed by atoms with E-state index in [0.29, 0.717) is 35.0 Å². The lowest BCUT2D eigenvalue weighted by atomic mass is 9.91. The van der Waals surface area contributed by atoms with Crippen molar-refractivity contribution in [2.45, 2.75) is 57.8 Å². The summed E-state index contributed by atoms with van der Waals surface area (Å²) in [5.41, 5.74) is 1.98. The van der Waals surface area contributed by atoms with Crippen molar-refractivity contribution in [1.29, 1.82) is 0 Å². The number of hydrogen-bond acceptors (Lipinski definition) is 6. The molecule has 0 saturated heterocycles. The van der Waals surface area contributed by atoms with Crippen LogP contribution < -0.4 is 14.8 Å². The number of Topliss-reactive ketones (excluding diaryl/α,β-unsaturated/α-hetero) is 1. The molecule has 0 aliphatic heterocycles. The van der Waals surface area contributed by atoms with E-state index in [1.54, 1.807) is 44.4 Å². The first-order chi connectivity index (χ1) is 17.3. The molecule has 1 aromatic heterocycles. The molecule has 2 aromatic carbocycles. The maximum absolute atomic E-state index is 13.4. The number of benzene rings is 2. The zero-order chi connectivity index (χ0) is 25.7. The van der Waals surface area contributed by atoms with Gasteiger partial charge in [-0.15, -0.1) is 0 Å². The summed E-state index contributed by atoms with van der Waals surface area (Å²) in [6, 6.07) is 15.1. The van der Waals surface area contributed by atoms with Crippen LogP contribution in [0.4, 0.5) is 4.39 Å². The van der Waals surface area contributed by atoms with E-state index in [4.69, 9.17) is 9.47 Å². The summed E-state index contributed by atoms with van der Waals surface area (Å²) in [6.45, 7) is 5.08. The number of aliphatic hydroxyl groups is 1. The number of nitrogens with zero attached hydrogens (tertiary/aromatic N) is 1. The van der Waals surface area contributed by atoms with Gasteiger partial charge in [-0.2, -0.15) is 0 Å². The Hall–Kier alpha value is -3.29. The molecule has 1 unspecified atom stereocenters. The average Bonchev–Trinajstić information content (AvgIpc) is 3.70. The lowest BCUT2D eigenvalue weighted by Gasteiger charge is -2.24. The average molecular weight is 493 g/mol. The Morgan fingerprint density at radius 2 is 1.89 bits per heavy atom. The predicted molar refractivity (Wildman–Crippen MR) is 137 cm³/mol. The zero-order valence-corrected chi connectivity index (χ0v) is 21.0. The molecule has 1 atom stereocenters. The monoisotopic (exact) mass is 492 g/mol. The Labute approximate surface area is 211 Å². The smallest absolute Gasteiger partial charge is 0.163 e. The Balaban J connectivity index is 1.52. The summed E-state index contributed by atoms with van der Waals surface area (Å²) in [5, 5.41) is 14.6. The summed E-state index contributed by atoms with van der Waals surface area (Å²) in [6.07, 6.45) is 2.61. The van der Waals surface area contributed by atoms with E-state index in [2.05, 4.69) is 10.3 Å². The standard InChI is InChI=1S/C29H33FN2O4/c1-4-31-18-19-15-24(20-5-8-22(30)9-6-20)32-28(16-19)29(2,34)14-13-25(33)21-7-12-26(27(17-21)35-3)36-23-10-11-23/h5-9,12,15-17,23,31,34H,4,10-11,13-14,18H2,1-3H3. The molecule has 0 bridgehead atoms. The number of ketones is 1. The number of ether oxygens (including phenoxy) is 2. The van der Waals surface area contributed by atoms with Gasteiger partial charge < -0.3 is 19.9 Å². The van der Waals surface area contributed by atoms with Gasteiger partial charge in [0.05, 0.1) is 24.6 Å². The van der Waals surface area contributed by atoms with Crippen molar-refractivity contribution in [3.8, 4) is 22.8 Å². The van der Waals surface area contributed by atoms with Gasteiger partial charge in [-0.3, -0.25) is 4.79 Å². The Kier molecular flexibility index (Phi) is 8.01. The molecule has 1 heterocycles. The SMILES string of the molecule is CCNCc1cc(-c2ccc(F)cc2)nc(C(C)(O)CCC(=O)c2ccc(OC3CC3)c(OC)c2)c1. The van der Waals surface area contributed by atoms with Crippen molar-refractivity contribution in [3.63, 3.8) is 0 Å². The first-order valence-corrected chi connectivity index (χ1v) is 12.4. The fourth-order valence-electron chi connectivity index (χ4n) is 3.94. The molecule has 0 amide bonds. The van der Waals surface area contributed by atoms with Crippen LogP contribution in [0.15, 0.2) is 54.6 Å². The van der Waals surface area contributed by atoms with Crippen LogP contribution >= 0.6 is 0 Å². The number of methoxy groups -OCH3 is 1. The second-order valence-corrected chi connectivity index (χ2v) is 9.41. The molecule has 1 saturated carbocycles. The van der Waals surface area contributed by atoms with Gasteiger partial charge in [-0.1, -0.05) is 6.92 Å². The van der Waals surface area contributed by atoms with Crippen LogP contribution in [0.3, 0.4) is 0 Å². The summed E-state index contributed by atoms with van der Waals surface area (Å²) in [5.74, 6) is 0.742. The number of nitrogens with one attached hydrogen (secondary N) is 1. The van der Waals surface area contributed by atoms with Crippen LogP contribution in [0.25, 0.3) is 11.3 Å². The lowest BCUT2D eigenvalue weighted by Crippen LogP contribution is -2.25. The van der Waals surface area contributed by atoms with Gasteiger partial charge in [0.1, 0.15) is 11.4 Å². The second-order valence-electron chi connectivity index (χ2n) is 9.41. The molecule has 0 radical (unpaired) electrons. The highest BCUT2D eigenvalue weighted by atomic mass is 19.1. The molecule has 1 aliphatic rings. The van der Waals surface area contributed by atoms with E-state index < -0.39 is 5.60 Å². The number of carbonyl (C=O) groups excluding carboxylic acids is 1. The van der Waals surface area contributed by atoms with Crippen LogP contribution in [0, 0.1) is 5.82 Å². The first kappa shape index (κ1) is 25.8. The summed E-state index contributed by atoms with van der Waals surface area (Å²) >= 11 is 0. The third-order valence-corrected chi connectivity index (χ3v) is 6.30. The highest BCUT2D eigenvalue weighted by molar-refractivity contribution is 5.96. The normalized spacial score (nSPS) is 14.8. The number of rotatable bonds is 12. The third-order valence-electron chi connectivity index (χ3n) is 6.30. The minimum atomic E-state index is -1.34. The van der Waals surface area contributed by atoms with Crippen molar-refractivity contribution in [1.82, 2.24) is 10.3 Å². The Morgan fingerprint density at radius 1 is 1.14 bits per heavy atom. The van der Waals surface area contributed by atoms with Gasteiger partial charge in [0.2, 0.25) is 0 Å². The van der Waals surface area contributed by atoms with Crippen molar-refractivity contribution in [2.24, 2.45) is 0 Å². The topological polar surface area (TPSA) is 80.7 Å². The van der Waals surface area contributed by atoms with Crippen molar-refractivity contribution < 1.29 is 23.8 Å². The van der Waals surface area contributed by atoms with E-state index in [1.165, 1.54) is 12.1 Å². The van der Waals surface area contributed by atoms with Gasteiger partial charge in [0.15, 0.2) is 17.3 Å². The molecular formula is C29H33FN2O4. The van der Waals surface area contributed by atoms with E-state index in [-0.39, 0.29) is 30.5 Å². The van der Waals surface area contributed by atoms with Crippen LogP contribution in [0.5, 0.6) is 11.5 Å². The molecule has 36 heavy (non-hydrogen) atoms. The molecule has 1 fully saturated rings. The molecule has 0 spiro atoms. The quantitative estimate of drug-likeness (QED) is 0.329. The van der Waals surface area contributed by atoms with Gasteiger partial charge >= 0.3 is 0 Å². The van der Waals surface area contributed by atoms with Crippen LogP contribution in [-0.2, 0) is 12.1 Å². The number of carbonyl (C=O) groups is 1. The maximum Gasteiger partial charge on any atom is 0.163 e. The largest absolute Gasteiger partial charge is 0.493 e. The predicted octanol–water partition coefficient (Wildman–Crippen LogP) is 5.42. The van der Waals surface area contributed by atoms with Crippen molar-refractivity contribution in [2.75, 3.05) is 13.7 Å². The van der Waals surface area contributed by atoms with Gasteiger partial charge in [0.25, 0.3) is 0 Å². The van der Waals surface area contributed by atoms with E-state index >= 15 is 0 Å². The third kappa shape index (κ3) is 6.47. The molecule has 190 valence electrons. The number of halogens is 1. The molecule has 4 rings (SSSR count). The molecule has 1 aliphatic carbocycles. The Bertz CT molecular complexity index is 1210. The zero-order valence-electron chi connectivity index (χ0n) is 21.0. The Morgan fingerprint density at radius 3 is 2.56 bits per heavy atom. The maximum atomic E-state index is 13.4. The molecule has 6 nitrogen and oxygen atoms in total. The van der Waals surface area contributed by atoms with Gasteiger partial charge in [-0.05, 0) is 92.9 Å². The van der Waals surface area contributed by atoms with Crippen molar-refractivity contribution in [3.05, 3.63) is 77.2 Å². The fourth-order valence-corrected chi connectivity index (χ4v) is 3.94. The first-order valence-electron chi connectivity index (χ1n) is 12.4. The fraction of sp³-hybridized carbons (Fsp3) is 0.379. The second kappa shape index (κ2) is 11.2. The number of aromatic nitrogens is 1. The number of hydrogen-bond donors (Lipinski definition) is 2. The van der Waals surface area contributed by atoms with Crippen LogP contribution in [-0.4, -0.2) is 35.6 Å². The van der Waals surface area contributed by atoms with E-state index in [9.17, 15) is 14.3 Å². The minimum absolute atomic E-state index is 0.103. The molecular weight excluding hydrogens is 459 g/mol. The van der Waals surface area contributed by atoms with E-state index in [0.717, 1.165) is 30.5 Å². The van der Waals surface area contributed by atoms with E-state index in [1.807, 2.05) is 19.1 Å². The minimum Gasteiger partial charge on any atom is -0.493 e. The molecule has 3 aromatic rings. The van der Waals surface area contributed by atoms with Gasteiger partial charge in [0, 0.05) is 24.1 Å². The number of pyridine rings is 1. The summed E-state index contributed by atoms with van der Waals surface area (Å²) in [7, 11) is 1.55. The van der Waals surface area contributed by atoms with Crippen LogP contribution in [0.2, 0.25) is 0 Å².